The fraction of sp³-hybridized carbons (Fsp3) is 0.667. The maximum Gasteiger partial charge on any atom is 0.128 e. The lowest BCUT2D eigenvalue weighted by atomic mass is 9.70. The van der Waals surface area contributed by atoms with Gasteiger partial charge in [0, 0.05) is 5.56 Å². The van der Waals surface area contributed by atoms with Crippen LogP contribution in [0.2, 0.25) is 0 Å². The quantitative estimate of drug-likeness (QED) is 0.873. The molecule has 1 atom stereocenters. The Hall–Kier alpha value is -1.02. The van der Waals surface area contributed by atoms with Crippen molar-refractivity contribution in [3.05, 3.63) is 29.3 Å². The number of aliphatic hydroxyl groups excluding tert-OH is 1. The third-order valence-electron chi connectivity index (χ3n) is 5.11. The van der Waals surface area contributed by atoms with Crippen molar-refractivity contribution in [2.75, 3.05) is 6.61 Å². The molecule has 1 N–H and O–H groups in total. The first-order valence-electron chi connectivity index (χ1n) is 7.99. The summed E-state index contributed by atoms with van der Waals surface area (Å²) in [5, 5.41) is 10.8. The van der Waals surface area contributed by atoms with Gasteiger partial charge in [-0.2, -0.15) is 0 Å². The second kappa shape index (κ2) is 5.40. The molecule has 2 aliphatic rings. The van der Waals surface area contributed by atoms with Crippen molar-refractivity contribution in [3.63, 3.8) is 0 Å². The van der Waals surface area contributed by atoms with Crippen LogP contribution < -0.4 is 4.74 Å². The molecule has 0 bridgehead atoms. The van der Waals surface area contributed by atoms with Gasteiger partial charge in [0.15, 0.2) is 0 Å². The van der Waals surface area contributed by atoms with Crippen molar-refractivity contribution < 1.29 is 9.84 Å². The van der Waals surface area contributed by atoms with Crippen molar-refractivity contribution in [3.8, 4) is 5.75 Å². The Balaban J connectivity index is 1.79. The lowest BCUT2D eigenvalue weighted by Gasteiger charge is -2.37. The van der Waals surface area contributed by atoms with Gasteiger partial charge in [0.25, 0.3) is 0 Å². The molecule has 2 heteroatoms. The van der Waals surface area contributed by atoms with Crippen LogP contribution >= 0.6 is 0 Å². The molecule has 0 radical (unpaired) electrons. The maximum atomic E-state index is 10.8. The normalized spacial score (nSPS) is 23.8. The number of hydrogen-bond donors (Lipinski definition) is 1. The zero-order valence-electron chi connectivity index (χ0n) is 12.7. The van der Waals surface area contributed by atoms with Gasteiger partial charge in [0.05, 0.1) is 12.7 Å². The Labute approximate surface area is 122 Å². The number of para-hydroxylation sites is 1. The van der Waals surface area contributed by atoms with Crippen LogP contribution in [0.5, 0.6) is 5.75 Å². The summed E-state index contributed by atoms with van der Waals surface area (Å²) in [5.74, 6) is 1.36. The summed E-state index contributed by atoms with van der Waals surface area (Å²) >= 11 is 0. The van der Waals surface area contributed by atoms with Gasteiger partial charge in [-0.25, -0.2) is 0 Å². The van der Waals surface area contributed by atoms with E-state index >= 15 is 0 Å². The van der Waals surface area contributed by atoms with Crippen LogP contribution in [0.3, 0.4) is 0 Å². The van der Waals surface area contributed by atoms with Crippen LogP contribution in [-0.4, -0.2) is 11.7 Å². The number of aliphatic hydroxyl groups is 1. The van der Waals surface area contributed by atoms with E-state index in [2.05, 4.69) is 32.0 Å². The summed E-state index contributed by atoms with van der Waals surface area (Å²) < 4.78 is 5.85. The molecule has 1 aliphatic carbocycles. The lowest BCUT2D eigenvalue weighted by Crippen LogP contribution is -2.25. The van der Waals surface area contributed by atoms with Crippen molar-refractivity contribution in [1.29, 1.82) is 0 Å². The molecule has 0 saturated heterocycles. The van der Waals surface area contributed by atoms with E-state index in [1.165, 1.54) is 18.4 Å². The van der Waals surface area contributed by atoms with Crippen LogP contribution in [0.4, 0.5) is 0 Å². The second-order valence-corrected chi connectivity index (χ2v) is 7.23. The number of rotatable bonds is 2. The molecule has 0 aromatic heterocycles. The summed E-state index contributed by atoms with van der Waals surface area (Å²) in [4.78, 5) is 0. The molecule has 1 aromatic carbocycles. The molecular formula is C18H26O2. The molecule has 1 unspecified atom stereocenters. The van der Waals surface area contributed by atoms with Crippen LogP contribution in [0.25, 0.3) is 0 Å². The van der Waals surface area contributed by atoms with Crippen LogP contribution in [0, 0.1) is 11.3 Å². The third-order valence-corrected chi connectivity index (χ3v) is 5.11. The van der Waals surface area contributed by atoms with Gasteiger partial charge in [-0.05, 0) is 55.4 Å². The molecule has 1 saturated carbocycles. The van der Waals surface area contributed by atoms with Crippen molar-refractivity contribution in [2.45, 2.75) is 58.5 Å². The monoisotopic (exact) mass is 274 g/mol. The number of ether oxygens (including phenoxy) is 1. The van der Waals surface area contributed by atoms with Gasteiger partial charge in [-0.1, -0.05) is 32.0 Å². The summed E-state index contributed by atoms with van der Waals surface area (Å²) in [6.07, 6.45) is 6.47. The van der Waals surface area contributed by atoms with E-state index in [1.807, 2.05) is 0 Å². The predicted molar refractivity (Wildman–Crippen MR) is 81.0 cm³/mol. The standard InChI is InChI=1S/C18H26O2/c1-18(2)10-8-13(9-11-18)16(19)15-7-3-5-14-6-4-12-20-17(14)15/h3,5,7,13,16,19H,4,6,8-12H2,1-2H3. The van der Waals surface area contributed by atoms with Gasteiger partial charge < -0.3 is 9.84 Å². The Morgan fingerprint density at radius 1 is 1.25 bits per heavy atom. The number of hydrogen-bond acceptors (Lipinski definition) is 2. The molecule has 110 valence electrons. The first kappa shape index (κ1) is 13.9. The Bertz CT molecular complexity index is 468. The van der Waals surface area contributed by atoms with E-state index in [0.29, 0.717) is 11.3 Å². The average Bonchev–Trinajstić information content (AvgIpc) is 2.46. The highest BCUT2D eigenvalue weighted by molar-refractivity contribution is 5.44. The summed E-state index contributed by atoms with van der Waals surface area (Å²) in [5.41, 5.74) is 2.74. The zero-order valence-corrected chi connectivity index (χ0v) is 12.7. The first-order valence-corrected chi connectivity index (χ1v) is 7.99. The van der Waals surface area contributed by atoms with Crippen LogP contribution in [-0.2, 0) is 6.42 Å². The molecule has 1 fully saturated rings. The minimum absolute atomic E-state index is 0.362. The van der Waals surface area contributed by atoms with E-state index in [9.17, 15) is 5.11 Å². The molecule has 2 nitrogen and oxygen atoms in total. The van der Waals surface area contributed by atoms with E-state index < -0.39 is 0 Å². The van der Waals surface area contributed by atoms with Crippen LogP contribution in [0.15, 0.2) is 18.2 Å². The molecule has 1 aliphatic heterocycles. The number of aryl methyl sites for hydroxylation is 1. The highest BCUT2D eigenvalue weighted by Gasteiger charge is 2.32. The predicted octanol–water partition coefficient (Wildman–Crippen LogP) is 4.26. The zero-order chi connectivity index (χ0) is 14.2. The summed E-state index contributed by atoms with van der Waals surface area (Å²) in [6.45, 7) is 5.46. The van der Waals surface area contributed by atoms with Gasteiger partial charge >= 0.3 is 0 Å². The van der Waals surface area contributed by atoms with E-state index in [1.54, 1.807) is 0 Å². The van der Waals surface area contributed by atoms with E-state index in [4.69, 9.17) is 4.74 Å². The van der Waals surface area contributed by atoms with E-state index in [-0.39, 0.29) is 6.10 Å². The van der Waals surface area contributed by atoms with Crippen LogP contribution in [0.1, 0.15) is 63.2 Å². The smallest absolute Gasteiger partial charge is 0.128 e. The van der Waals surface area contributed by atoms with Crippen molar-refractivity contribution in [2.24, 2.45) is 11.3 Å². The Kier molecular flexibility index (Phi) is 3.76. The van der Waals surface area contributed by atoms with Gasteiger partial charge in [-0.3, -0.25) is 0 Å². The fourth-order valence-corrected chi connectivity index (χ4v) is 3.64. The highest BCUT2D eigenvalue weighted by Crippen LogP contribution is 2.45. The summed E-state index contributed by atoms with van der Waals surface area (Å²) in [6, 6.07) is 6.25. The molecular weight excluding hydrogens is 248 g/mol. The molecule has 1 heterocycles. The van der Waals surface area contributed by atoms with Crippen molar-refractivity contribution in [1.82, 2.24) is 0 Å². The van der Waals surface area contributed by atoms with Gasteiger partial charge in [0.1, 0.15) is 5.75 Å². The highest BCUT2D eigenvalue weighted by atomic mass is 16.5. The molecule has 3 rings (SSSR count). The minimum atomic E-state index is -0.362. The molecule has 20 heavy (non-hydrogen) atoms. The minimum Gasteiger partial charge on any atom is -0.493 e. The second-order valence-electron chi connectivity index (χ2n) is 7.23. The Morgan fingerprint density at radius 3 is 2.75 bits per heavy atom. The number of benzene rings is 1. The topological polar surface area (TPSA) is 29.5 Å². The molecule has 0 spiro atoms. The first-order chi connectivity index (χ1) is 9.57. The van der Waals surface area contributed by atoms with Crippen molar-refractivity contribution >= 4 is 0 Å². The van der Waals surface area contributed by atoms with E-state index in [0.717, 1.165) is 43.6 Å². The molecule has 0 amide bonds. The summed E-state index contributed by atoms with van der Waals surface area (Å²) in [7, 11) is 0. The SMILES string of the molecule is CC1(C)CCC(C(O)c2cccc3c2OCCC3)CC1. The molecule has 1 aromatic rings. The Morgan fingerprint density at radius 2 is 2.00 bits per heavy atom. The largest absolute Gasteiger partial charge is 0.493 e. The lowest BCUT2D eigenvalue weighted by molar-refractivity contribution is 0.0541. The van der Waals surface area contributed by atoms with Gasteiger partial charge in [0.2, 0.25) is 0 Å². The van der Waals surface area contributed by atoms with Gasteiger partial charge in [-0.15, -0.1) is 0 Å². The third kappa shape index (κ3) is 2.71. The number of fused-ring (bicyclic) bond motifs is 1. The average molecular weight is 274 g/mol. The maximum absolute atomic E-state index is 10.8. The fourth-order valence-electron chi connectivity index (χ4n) is 3.64.